The molecule has 3 nitrogen and oxygen atoms in total. The van der Waals surface area contributed by atoms with E-state index in [9.17, 15) is 9.59 Å². The van der Waals surface area contributed by atoms with Crippen LogP contribution in [0.3, 0.4) is 0 Å². The zero-order valence-electron chi connectivity index (χ0n) is 9.16. The molecule has 1 aliphatic rings. The van der Waals surface area contributed by atoms with Gasteiger partial charge in [-0.25, -0.2) is 0 Å². The van der Waals surface area contributed by atoms with Crippen molar-refractivity contribution >= 4 is 29.0 Å². The van der Waals surface area contributed by atoms with Gasteiger partial charge in [0, 0.05) is 30.0 Å². The third kappa shape index (κ3) is 1.71. The zero-order chi connectivity index (χ0) is 11.9. The number of Topliss-reactive ketones (excluding diaryl/α,β-unsaturated/α-hetero) is 1. The zero-order valence-corrected chi connectivity index (χ0v) is 9.91. The maximum absolute atomic E-state index is 12.0. The third-order valence-electron chi connectivity index (χ3n) is 2.89. The van der Waals surface area contributed by atoms with Crippen molar-refractivity contribution in [3.63, 3.8) is 0 Å². The number of hydrogen-bond donors (Lipinski definition) is 0. The number of rotatable bonds is 0. The monoisotopic (exact) mass is 237 g/mol. The molecule has 0 bridgehead atoms. The Labute approximate surface area is 99.0 Å². The highest BCUT2D eigenvalue weighted by Gasteiger charge is 2.29. The summed E-state index contributed by atoms with van der Waals surface area (Å²) in [5, 5.41) is 0.516. The molecule has 1 unspecified atom stereocenters. The number of ketones is 1. The fourth-order valence-corrected chi connectivity index (χ4v) is 2.06. The Bertz CT molecular complexity index is 470. The standard InChI is InChI=1S/C12H12ClNO2/c1-7-5-11(15)14(2)10-4-3-8(13)6-9(10)12(7)16/h3-4,6-7H,5H2,1-2H3. The van der Waals surface area contributed by atoms with Crippen LogP contribution in [0.4, 0.5) is 5.69 Å². The first-order valence-corrected chi connectivity index (χ1v) is 5.49. The van der Waals surface area contributed by atoms with Crippen LogP contribution in [0.2, 0.25) is 5.02 Å². The number of hydrogen-bond acceptors (Lipinski definition) is 2. The SMILES string of the molecule is CC1CC(=O)N(C)c2ccc(Cl)cc2C1=O. The van der Waals surface area contributed by atoms with Gasteiger partial charge in [-0.05, 0) is 18.2 Å². The molecule has 1 atom stereocenters. The number of carbonyl (C=O) groups is 2. The lowest BCUT2D eigenvalue weighted by Crippen LogP contribution is -2.25. The molecule has 0 spiro atoms. The lowest BCUT2D eigenvalue weighted by molar-refractivity contribution is -0.118. The minimum atomic E-state index is -0.283. The summed E-state index contributed by atoms with van der Waals surface area (Å²) in [6.07, 6.45) is 0.252. The smallest absolute Gasteiger partial charge is 0.227 e. The number of anilines is 1. The molecule has 1 aromatic carbocycles. The molecule has 0 saturated carbocycles. The van der Waals surface area contributed by atoms with Crippen molar-refractivity contribution in [2.45, 2.75) is 13.3 Å². The summed E-state index contributed by atoms with van der Waals surface area (Å²) >= 11 is 5.87. The van der Waals surface area contributed by atoms with Crippen molar-refractivity contribution in [1.29, 1.82) is 0 Å². The molecule has 0 N–H and O–H groups in total. The molecule has 0 aliphatic carbocycles. The number of nitrogens with zero attached hydrogens (tertiary/aromatic N) is 1. The topological polar surface area (TPSA) is 37.4 Å². The van der Waals surface area contributed by atoms with Gasteiger partial charge < -0.3 is 4.90 Å². The predicted molar refractivity (Wildman–Crippen MR) is 63.0 cm³/mol. The lowest BCUT2D eigenvalue weighted by atomic mass is 9.97. The van der Waals surface area contributed by atoms with Gasteiger partial charge in [-0.3, -0.25) is 9.59 Å². The molecule has 84 valence electrons. The van der Waals surface area contributed by atoms with Crippen molar-refractivity contribution in [2.24, 2.45) is 5.92 Å². The van der Waals surface area contributed by atoms with Crippen LogP contribution in [0.15, 0.2) is 18.2 Å². The van der Waals surface area contributed by atoms with Gasteiger partial charge in [0.05, 0.1) is 5.69 Å². The van der Waals surface area contributed by atoms with Crippen LogP contribution in [0.25, 0.3) is 0 Å². The molecule has 0 aromatic heterocycles. The Hall–Kier alpha value is -1.35. The van der Waals surface area contributed by atoms with Crippen molar-refractivity contribution in [3.8, 4) is 0 Å². The molecular formula is C12H12ClNO2. The van der Waals surface area contributed by atoms with E-state index in [0.29, 0.717) is 16.3 Å². The summed E-state index contributed by atoms with van der Waals surface area (Å²) in [7, 11) is 1.68. The van der Waals surface area contributed by atoms with Crippen molar-refractivity contribution in [3.05, 3.63) is 28.8 Å². The van der Waals surface area contributed by atoms with E-state index in [1.165, 1.54) is 4.90 Å². The van der Waals surface area contributed by atoms with E-state index < -0.39 is 0 Å². The minimum Gasteiger partial charge on any atom is -0.315 e. The van der Waals surface area contributed by atoms with E-state index in [1.54, 1.807) is 32.2 Å². The fourth-order valence-electron chi connectivity index (χ4n) is 1.89. The Morgan fingerprint density at radius 1 is 1.38 bits per heavy atom. The fraction of sp³-hybridized carbons (Fsp3) is 0.333. The second-order valence-corrected chi connectivity index (χ2v) is 4.52. The molecule has 4 heteroatoms. The number of fused-ring (bicyclic) bond motifs is 1. The van der Waals surface area contributed by atoms with Gasteiger partial charge in [0.1, 0.15) is 0 Å². The van der Waals surface area contributed by atoms with E-state index in [-0.39, 0.29) is 24.0 Å². The normalized spacial score (nSPS) is 20.7. The molecular weight excluding hydrogens is 226 g/mol. The van der Waals surface area contributed by atoms with Gasteiger partial charge in [-0.15, -0.1) is 0 Å². The Balaban J connectivity index is 2.62. The molecule has 16 heavy (non-hydrogen) atoms. The highest BCUT2D eigenvalue weighted by molar-refractivity contribution is 6.31. The van der Waals surface area contributed by atoms with Gasteiger partial charge in [0.25, 0.3) is 0 Å². The highest BCUT2D eigenvalue weighted by atomic mass is 35.5. The van der Waals surface area contributed by atoms with Crippen LogP contribution in [-0.4, -0.2) is 18.7 Å². The van der Waals surface area contributed by atoms with E-state index in [1.807, 2.05) is 0 Å². The van der Waals surface area contributed by atoms with Crippen LogP contribution in [-0.2, 0) is 4.79 Å². The molecule has 0 saturated heterocycles. The summed E-state index contributed by atoms with van der Waals surface area (Å²) in [4.78, 5) is 25.3. The first-order valence-electron chi connectivity index (χ1n) is 5.11. The molecule has 1 aliphatic heterocycles. The predicted octanol–water partition coefficient (Wildman–Crippen LogP) is 2.53. The minimum absolute atomic E-state index is 0.0183. The van der Waals surface area contributed by atoms with Gasteiger partial charge in [-0.2, -0.15) is 0 Å². The van der Waals surface area contributed by atoms with Crippen LogP contribution in [0.1, 0.15) is 23.7 Å². The summed E-state index contributed by atoms with van der Waals surface area (Å²) in [5.41, 5.74) is 1.18. The summed E-state index contributed by atoms with van der Waals surface area (Å²) in [6.45, 7) is 1.77. The lowest BCUT2D eigenvalue weighted by Gasteiger charge is -2.16. The molecule has 2 rings (SSSR count). The van der Waals surface area contributed by atoms with E-state index >= 15 is 0 Å². The first-order chi connectivity index (χ1) is 7.50. The van der Waals surface area contributed by atoms with Crippen LogP contribution in [0.5, 0.6) is 0 Å². The van der Waals surface area contributed by atoms with Gasteiger partial charge >= 0.3 is 0 Å². The average molecular weight is 238 g/mol. The van der Waals surface area contributed by atoms with Gasteiger partial charge in [0.2, 0.25) is 5.91 Å². The molecule has 1 amide bonds. The largest absolute Gasteiger partial charge is 0.315 e. The van der Waals surface area contributed by atoms with Crippen molar-refractivity contribution in [1.82, 2.24) is 0 Å². The number of carbonyl (C=O) groups excluding carboxylic acids is 2. The second kappa shape index (κ2) is 3.91. The Morgan fingerprint density at radius 3 is 2.75 bits per heavy atom. The maximum atomic E-state index is 12.0. The summed E-state index contributed by atoms with van der Waals surface area (Å²) in [6, 6.07) is 5.03. The summed E-state index contributed by atoms with van der Waals surface area (Å²) in [5.74, 6) is -0.341. The summed E-state index contributed by atoms with van der Waals surface area (Å²) < 4.78 is 0. The number of halogens is 1. The Morgan fingerprint density at radius 2 is 2.06 bits per heavy atom. The molecule has 0 radical (unpaired) electrons. The van der Waals surface area contributed by atoms with Crippen LogP contribution < -0.4 is 4.90 Å². The number of amides is 1. The second-order valence-electron chi connectivity index (χ2n) is 4.08. The maximum Gasteiger partial charge on any atom is 0.227 e. The van der Waals surface area contributed by atoms with Gasteiger partial charge in [-0.1, -0.05) is 18.5 Å². The van der Waals surface area contributed by atoms with E-state index in [0.717, 1.165) is 0 Å². The van der Waals surface area contributed by atoms with Crippen LogP contribution in [0, 0.1) is 5.92 Å². The van der Waals surface area contributed by atoms with Crippen LogP contribution >= 0.6 is 11.6 Å². The van der Waals surface area contributed by atoms with E-state index in [2.05, 4.69) is 0 Å². The first kappa shape index (κ1) is 11.1. The molecule has 1 aromatic rings. The highest BCUT2D eigenvalue weighted by Crippen LogP contribution is 2.30. The van der Waals surface area contributed by atoms with Crippen molar-refractivity contribution in [2.75, 3.05) is 11.9 Å². The third-order valence-corrected chi connectivity index (χ3v) is 3.12. The molecule has 1 heterocycles. The molecule has 0 fully saturated rings. The Kier molecular flexibility index (Phi) is 2.72. The quantitative estimate of drug-likeness (QED) is 0.695. The van der Waals surface area contributed by atoms with E-state index in [4.69, 9.17) is 11.6 Å². The van der Waals surface area contributed by atoms with Crippen molar-refractivity contribution < 1.29 is 9.59 Å². The number of benzene rings is 1. The van der Waals surface area contributed by atoms with Gasteiger partial charge in [0.15, 0.2) is 5.78 Å². The average Bonchev–Trinajstić information content (AvgIpc) is 2.32.